The van der Waals surface area contributed by atoms with Crippen molar-refractivity contribution in [2.24, 2.45) is 5.92 Å². The van der Waals surface area contributed by atoms with E-state index in [9.17, 15) is 4.79 Å². The van der Waals surface area contributed by atoms with Crippen molar-refractivity contribution >= 4 is 21.7 Å². The first kappa shape index (κ1) is 16.4. The number of carbonyl (C=O) groups excluding carboxylic acids is 1. The lowest BCUT2D eigenvalue weighted by atomic mass is 9.91. The smallest absolute Gasteiger partial charge is 0.146 e. The van der Waals surface area contributed by atoms with Crippen LogP contribution in [-0.4, -0.2) is 11.1 Å². The maximum absolute atomic E-state index is 11.9. The Morgan fingerprint density at radius 3 is 2.42 bits per heavy atom. The first-order valence-corrected chi connectivity index (χ1v) is 8.52. The summed E-state index contributed by atoms with van der Waals surface area (Å²) in [5.41, 5.74) is 1.38. The zero-order chi connectivity index (χ0) is 13.9. The molecule has 0 aliphatic rings. The molecular formula is C17H25BrO. The van der Waals surface area contributed by atoms with Crippen LogP contribution >= 0.6 is 15.9 Å². The minimum atomic E-state index is 0.259. The maximum Gasteiger partial charge on any atom is 0.146 e. The standard InChI is InChI=1S/C17H25BrO/c1-2-3-5-12-16(17(19)14-18)13-8-11-15-9-6-4-7-10-15/h4,6-7,9-10,16H,2-3,5,8,11-14H2,1H3. The average Bonchev–Trinajstić information content (AvgIpc) is 2.46. The molecule has 0 spiro atoms. The highest BCUT2D eigenvalue weighted by Crippen LogP contribution is 2.19. The fourth-order valence-corrected chi connectivity index (χ4v) is 2.87. The number of benzene rings is 1. The summed E-state index contributed by atoms with van der Waals surface area (Å²) in [7, 11) is 0. The van der Waals surface area contributed by atoms with Crippen LogP contribution in [0.15, 0.2) is 30.3 Å². The Labute approximate surface area is 125 Å². The fraction of sp³-hybridized carbons (Fsp3) is 0.588. The molecule has 1 nitrogen and oxygen atoms in total. The molecule has 0 radical (unpaired) electrons. The number of Topliss-reactive ketones (excluding diaryl/α,β-unsaturated/α-hetero) is 1. The van der Waals surface area contributed by atoms with Gasteiger partial charge in [0, 0.05) is 5.92 Å². The molecule has 1 unspecified atom stereocenters. The van der Waals surface area contributed by atoms with Crippen molar-refractivity contribution in [3.05, 3.63) is 35.9 Å². The van der Waals surface area contributed by atoms with Crippen molar-refractivity contribution in [1.29, 1.82) is 0 Å². The SMILES string of the molecule is CCCCCC(CCCc1ccccc1)C(=O)CBr. The number of hydrogen-bond donors (Lipinski definition) is 0. The zero-order valence-corrected chi connectivity index (χ0v) is 13.5. The third-order valence-electron chi connectivity index (χ3n) is 3.60. The van der Waals surface area contributed by atoms with Crippen LogP contribution in [0.5, 0.6) is 0 Å². The van der Waals surface area contributed by atoms with Gasteiger partial charge in [-0.05, 0) is 31.2 Å². The molecule has 0 bridgehead atoms. The van der Waals surface area contributed by atoms with Crippen molar-refractivity contribution in [3.63, 3.8) is 0 Å². The Bertz CT molecular complexity index is 348. The van der Waals surface area contributed by atoms with E-state index in [1.807, 2.05) is 6.07 Å². The van der Waals surface area contributed by atoms with Crippen LogP contribution < -0.4 is 0 Å². The summed E-state index contributed by atoms with van der Waals surface area (Å²) in [6.07, 6.45) is 7.94. The van der Waals surface area contributed by atoms with E-state index in [0.29, 0.717) is 11.1 Å². The molecular weight excluding hydrogens is 300 g/mol. The highest BCUT2D eigenvalue weighted by molar-refractivity contribution is 9.09. The van der Waals surface area contributed by atoms with Crippen molar-refractivity contribution in [1.82, 2.24) is 0 Å². The number of hydrogen-bond acceptors (Lipinski definition) is 1. The second-order valence-electron chi connectivity index (χ2n) is 5.17. The predicted octanol–water partition coefficient (Wildman–Crippen LogP) is 5.17. The minimum Gasteiger partial charge on any atom is -0.298 e. The molecule has 1 aromatic carbocycles. The molecule has 19 heavy (non-hydrogen) atoms. The lowest BCUT2D eigenvalue weighted by molar-refractivity contribution is -0.120. The molecule has 0 saturated heterocycles. The first-order chi connectivity index (χ1) is 9.27. The van der Waals surface area contributed by atoms with Crippen molar-refractivity contribution in [2.45, 2.75) is 51.9 Å². The van der Waals surface area contributed by atoms with Gasteiger partial charge in [-0.25, -0.2) is 0 Å². The largest absolute Gasteiger partial charge is 0.298 e. The maximum atomic E-state index is 11.9. The summed E-state index contributed by atoms with van der Waals surface area (Å²) in [4.78, 5) is 11.9. The molecule has 1 atom stereocenters. The summed E-state index contributed by atoms with van der Waals surface area (Å²) in [6, 6.07) is 10.5. The van der Waals surface area contributed by atoms with Crippen LogP contribution in [0.25, 0.3) is 0 Å². The number of carbonyl (C=O) groups is 1. The van der Waals surface area contributed by atoms with Gasteiger partial charge in [0.05, 0.1) is 5.33 Å². The van der Waals surface area contributed by atoms with E-state index in [-0.39, 0.29) is 5.92 Å². The molecule has 0 amide bonds. The molecule has 0 aliphatic carbocycles. The molecule has 0 aliphatic heterocycles. The van der Waals surface area contributed by atoms with Gasteiger partial charge in [-0.2, -0.15) is 0 Å². The van der Waals surface area contributed by atoms with Gasteiger partial charge in [0.25, 0.3) is 0 Å². The van der Waals surface area contributed by atoms with Gasteiger partial charge < -0.3 is 0 Å². The lowest BCUT2D eigenvalue weighted by Crippen LogP contribution is -2.16. The summed E-state index contributed by atoms with van der Waals surface area (Å²) in [6.45, 7) is 2.21. The molecule has 0 heterocycles. The predicted molar refractivity (Wildman–Crippen MR) is 85.8 cm³/mol. The van der Waals surface area contributed by atoms with Gasteiger partial charge in [0.1, 0.15) is 5.78 Å². The highest BCUT2D eigenvalue weighted by atomic mass is 79.9. The van der Waals surface area contributed by atoms with Gasteiger partial charge >= 0.3 is 0 Å². The van der Waals surface area contributed by atoms with Crippen LogP contribution in [0.3, 0.4) is 0 Å². The van der Waals surface area contributed by atoms with Gasteiger partial charge in [0.15, 0.2) is 0 Å². The third kappa shape index (κ3) is 6.91. The summed E-state index contributed by atoms with van der Waals surface area (Å²) in [5, 5.41) is 0.509. The van der Waals surface area contributed by atoms with Crippen molar-refractivity contribution in [2.75, 3.05) is 5.33 Å². The van der Waals surface area contributed by atoms with Gasteiger partial charge in [-0.3, -0.25) is 4.79 Å². The number of unbranched alkanes of at least 4 members (excludes halogenated alkanes) is 2. The topological polar surface area (TPSA) is 17.1 Å². The molecule has 1 aromatic rings. The second kappa shape index (κ2) is 10.2. The molecule has 0 saturated carbocycles. The van der Waals surface area contributed by atoms with Gasteiger partial charge in [-0.1, -0.05) is 72.4 Å². The van der Waals surface area contributed by atoms with E-state index in [1.54, 1.807) is 0 Å². The van der Waals surface area contributed by atoms with Crippen LogP contribution in [-0.2, 0) is 11.2 Å². The minimum absolute atomic E-state index is 0.259. The Morgan fingerprint density at radius 1 is 1.11 bits per heavy atom. The Morgan fingerprint density at radius 2 is 1.79 bits per heavy atom. The van der Waals surface area contributed by atoms with Crippen molar-refractivity contribution in [3.8, 4) is 0 Å². The summed E-state index contributed by atoms with van der Waals surface area (Å²) >= 11 is 3.31. The molecule has 0 aromatic heterocycles. The Balaban J connectivity index is 2.33. The second-order valence-corrected chi connectivity index (χ2v) is 5.73. The molecule has 1 rings (SSSR count). The zero-order valence-electron chi connectivity index (χ0n) is 11.9. The normalized spacial score (nSPS) is 12.3. The van der Waals surface area contributed by atoms with Crippen LogP contribution in [0, 0.1) is 5.92 Å². The molecule has 2 heteroatoms. The molecule has 106 valence electrons. The van der Waals surface area contributed by atoms with E-state index in [0.717, 1.165) is 25.7 Å². The Hall–Kier alpha value is -0.630. The number of alkyl halides is 1. The quantitative estimate of drug-likeness (QED) is 0.428. The monoisotopic (exact) mass is 324 g/mol. The van der Waals surface area contributed by atoms with E-state index >= 15 is 0 Å². The highest BCUT2D eigenvalue weighted by Gasteiger charge is 2.16. The molecule has 0 N–H and O–H groups in total. The van der Waals surface area contributed by atoms with Gasteiger partial charge in [-0.15, -0.1) is 0 Å². The van der Waals surface area contributed by atoms with Crippen LogP contribution in [0.2, 0.25) is 0 Å². The van der Waals surface area contributed by atoms with Crippen LogP contribution in [0.4, 0.5) is 0 Å². The summed E-state index contributed by atoms with van der Waals surface area (Å²) < 4.78 is 0. The number of halogens is 1. The number of rotatable bonds is 10. The van der Waals surface area contributed by atoms with E-state index in [4.69, 9.17) is 0 Å². The van der Waals surface area contributed by atoms with Crippen molar-refractivity contribution < 1.29 is 4.79 Å². The lowest BCUT2D eigenvalue weighted by Gasteiger charge is -2.14. The third-order valence-corrected chi connectivity index (χ3v) is 4.16. The Kier molecular flexibility index (Phi) is 8.81. The first-order valence-electron chi connectivity index (χ1n) is 7.40. The van der Waals surface area contributed by atoms with Gasteiger partial charge in [0.2, 0.25) is 0 Å². The fourth-order valence-electron chi connectivity index (χ4n) is 2.41. The number of ketones is 1. The van der Waals surface area contributed by atoms with E-state index in [1.165, 1.54) is 24.8 Å². The average molecular weight is 325 g/mol. The van der Waals surface area contributed by atoms with E-state index in [2.05, 4.69) is 47.1 Å². The number of aryl methyl sites for hydroxylation is 1. The summed E-state index contributed by atoms with van der Waals surface area (Å²) in [5.74, 6) is 0.638. The van der Waals surface area contributed by atoms with E-state index < -0.39 is 0 Å². The van der Waals surface area contributed by atoms with Crippen LogP contribution in [0.1, 0.15) is 51.0 Å². The molecule has 0 fully saturated rings.